The molecule has 0 atom stereocenters. The van der Waals surface area contributed by atoms with Crippen molar-refractivity contribution < 1.29 is 9.72 Å². The summed E-state index contributed by atoms with van der Waals surface area (Å²) in [7, 11) is 0. The zero-order chi connectivity index (χ0) is 15.5. The van der Waals surface area contributed by atoms with Gasteiger partial charge >= 0.3 is 0 Å². The highest BCUT2D eigenvalue weighted by atomic mass is 16.6. The molecule has 0 aliphatic carbocycles. The molecule has 2 aromatic carbocycles. The minimum Gasteiger partial charge on any atom is -0.298 e. The number of nitrogens with zero attached hydrogens (tertiary/aromatic N) is 1. The van der Waals surface area contributed by atoms with Crippen molar-refractivity contribution in [2.45, 2.75) is 25.8 Å². The van der Waals surface area contributed by atoms with Crippen LogP contribution in [0.2, 0.25) is 0 Å². The number of hydrogen-bond donors (Lipinski definition) is 0. The van der Waals surface area contributed by atoms with E-state index in [4.69, 9.17) is 0 Å². The number of aldehydes is 1. The number of nitro groups is 1. The largest absolute Gasteiger partial charge is 0.298 e. The predicted molar refractivity (Wildman–Crippen MR) is 82.0 cm³/mol. The standard InChI is InChI=1S/C17H17NO3/c1-17(2,18(20)21)11-13-3-7-15(8-4-13)16-9-5-14(12-19)6-10-16/h3-10,12H,11H2,1-2H3. The van der Waals surface area contributed by atoms with E-state index in [1.165, 1.54) is 0 Å². The second kappa shape index (κ2) is 5.87. The average molecular weight is 283 g/mol. The zero-order valence-corrected chi connectivity index (χ0v) is 12.1. The van der Waals surface area contributed by atoms with Crippen molar-refractivity contribution in [2.75, 3.05) is 0 Å². The summed E-state index contributed by atoms with van der Waals surface area (Å²) in [5.74, 6) is 0. The summed E-state index contributed by atoms with van der Waals surface area (Å²) in [6, 6.07) is 15.0. The monoisotopic (exact) mass is 283 g/mol. The molecule has 108 valence electrons. The van der Waals surface area contributed by atoms with Gasteiger partial charge in [-0.1, -0.05) is 48.5 Å². The van der Waals surface area contributed by atoms with Crippen LogP contribution in [0.15, 0.2) is 48.5 Å². The Hall–Kier alpha value is -2.49. The lowest BCUT2D eigenvalue weighted by atomic mass is 9.94. The van der Waals surface area contributed by atoms with Gasteiger partial charge in [0.15, 0.2) is 0 Å². The summed E-state index contributed by atoms with van der Waals surface area (Å²) in [6.07, 6.45) is 1.21. The second-order valence-electron chi connectivity index (χ2n) is 5.68. The summed E-state index contributed by atoms with van der Waals surface area (Å²) < 4.78 is 0. The molecule has 0 fully saturated rings. The molecule has 2 rings (SSSR count). The fraction of sp³-hybridized carbons (Fsp3) is 0.235. The first kappa shape index (κ1) is 14.9. The second-order valence-corrected chi connectivity index (χ2v) is 5.68. The Morgan fingerprint density at radius 3 is 1.90 bits per heavy atom. The Morgan fingerprint density at radius 1 is 1.00 bits per heavy atom. The number of hydrogen-bond acceptors (Lipinski definition) is 3. The van der Waals surface area contributed by atoms with Crippen LogP contribution in [-0.2, 0) is 6.42 Å². The molecule has 0 saturated heterocycles. The molecular weight excluding hydrogens is 266 g/mol. The van der Waals surface area contributed by atoms with E-state index in [2.05, 4.69) is 0 Å². The van der Waals surface area contributed by atoms with Crippen molar-refractivity contribution in [1.82, 2.24) is 0 Å². The summed E-state index contributed by atoms with van der Waals surface area (Å²) in [5.41, 5.74) is 2.65. The molecule has 0 aromatic heterocycles. The first-order chi connectivity index (χ1) is 9.92. The molecule has 0 bridgehead atoms. The summed E-state index contributed by atoms with van der Waals surface area (Å²) in [4.78, 5) is 21.3. The van der Waals surface area contributed by atoms with E-state index < -0.39 is 5.54 Å². The van der Waals surface area contributed by atoms with E-state index >= 15 is 0 Å². The fourth-order valence-electron chi connectivity index (χ4n) is 2.13. The van der Waals surface area contributed by atoms with E-state index in [1.807, 2.05) is 36.4 Å². The average Bonchev–Trinajstić information content (AvgIpc) is 2.48. The molecule has 0 radical (unpaired) electrons. The molecule has 0 amide bonds. The molecule has 0 N–H and O–H groups in total. The van der Waals surface area contributed by atoms with E-state index in [-0.39, 0.29) is 4.92 Å². The van der Waals surface area contributed by atoms with Gasteiger partial charge in [-0.05, 0) is 16.7 Å². The highest BCUT2D eigenvalue weighted by molar-refractivity contribution is 5.76. The van der Waals surface area contributed by atoms with Gasteiger partial charge in [0.2, 0.25) is 5.54 Å². The molecule has 2 aromatic rings. The minimum absolute atomic E-state index is 0.251. The van der Waals surface area contributed by atoms with Crippen LogP contribution in [0.25, 0.3) is 11.1 Å². The Balaban J connectivity index is 2.18. The molecular formula is C17H17NO3. The minimum atomic E-state index is -0.965. The van der Waals surface area contributed by atoms with Crippen molar-refractivity contribution in [2.24, 2.45) is 0 Å². The number of benzene rings is 2. The van der Waals surface area contributed by atoms with E-state index in [0.29, 0.717) is 12.0 Å². The highest BCUT2D eigenvalue weighted by Crippen LogP contribution is 2.22. The van der Waals surface area contributed by atoms with Gasteiger partial charge < -0.3 is 0 Å². The Labute approximate surface area is 123 Å². The van der Waals surface area contributed by atoms with Gasteiger partial charge in [0.1, 0.15) is 6.29 Å². The maximum Gasteiger partial charge on any atom is 0.220 e. The molecule has 0 unspecified atom stereocenters. The molecule has 0 aliphatic heterocycles. The first-order valence-corrected chi connectivity index (χ1v) is 6.71. The fourth-order valence-corrected chi connectivity index (χ4v) is 2.13. The maximum atomic E-state index is 11.0. The number of carbonyl (C=O) groups excluding carboxylic acids is 1. The van der Waals surface area contributed by atoms with Crippen LogP contribution in [0.5, 0.6) is 0 Å². The van der Waals surface area contributed by atoms with Crippen LogP contribution in [0, 0.1) is 10.1 Å². The van der Waals surface area contributed by atoms with E-state index in [0.717, 1.165) is 23.0 Å². The SMILES string of the molecule is CC(C)(Cc1ccc(-c2ccc(C=O)cc2)cc1)[N+](=O)[O-]. The third-order valence-electron chi connectivity index (χ3n) is 3.47. The van der Waals surface area contributed by atoms with Gasteiger partial charge in [-0.15, -0.1) is 0 Å². The topological polar surface area (TPSA) is 60.2 Å². The maximum absolute atomic E-state index is 11.0. The number of carbonyl (C=O) groups is 1. The van der Waals surface area contributed by atoms with Crippen molar-refractivity contribution >= 4 is 6.29 Å². The Morgan fingerprint density at radius 2 is 1.48 bits per heavy atom. The van der Waals surface area contributed by atoms with Crippen molar-refractivity contribution in [3.8, 4) is 11.1 Å². The van der Waals surface area contributed by atoms with Crippen LogP contribution in [0.4, 0.5) is 0 Å². The smallest absolute Gasteiger partial charge is 0.220 e. The van der Waals surface area contributed by atoms with Gasteiger partial charge in [0.25, 0.3) is 0 Å². The molecule has 0 aliphatic rings. The lowest BCUT2D eigenvalue weighted by Gasteiger charge is -2.15. The highest BCUT2D eigenvalue weighted by Gasteiger charge is 2.30. The van der Waals surface area contributed by atoms with Crippen LogP contribution < -0.4 is 0 Å². The molecule has 4 heteroatoms. The Bertz CT molecular complexity index is 643. The number of rotatable bonds is 5. The van der Waals surface area contributed by atoms with Gasteiger partial charge in [0, 0.05) is 30.8 Å². The normalized spacial score (nSPS) is 11.1. The van der Waals surface area contributed by atoms with Gasteiger partial charge in [-0.3, -0.25) is 14.9 Å². The summed E-state index contributed by atoms with van der Waals surface area (Å²) in [6.45, 7) is 3.25. The molecule has 4 nitrogen and oxygen atoms in total. The molecule has 21 heavy (non-hydrogen) atoms. The predicted octanol–water partition coefficient (Wildman–Crippen LogP) is 3.76. The van der Waals surface area contributed by atoms with Crippen molar-refractivity contribution in [1.29, 1.82) is 0 Å². The summed E-state index contributed by atoms with van der Waals surface area (Å²) in [5, 5.41) is 11.0. The van der Waals surface area contributed by atoms with E-state index in [1.54, 1.807) is 26.0 Å². The lowest BCUT2D eigenvalue weighted by Crippen LogP contribution is -2.33. The summed E-state index contributed by atoms with van der Waals surface area (Å²) >= 11 is 0. The zero-order valence-electron chi connectivity index (χ0n) is 12.1. The quantitative estimate of drug-likeness (QED) is 0.477. The first-order valence-electron chi connectivity index (χ1n) is 6.71. The third-order valence-corrected chi connectivity index (χ3v) is 3.47. The van der Waals surface area contributed by atoms with Gasteiger partial charge in [0.05, 0.1) is 0 Å². The van der Waals surface area contributed by atoms with Crippen molar-refractivity contribution in [3.63, 3.8) is 0 Å². The van der Waals surface area contributed by atoms with Crippen LogP contribution in [-0.4, -0.2) is 16.7 Å². The lowest BCUT2D eigenvalue weighted by molar-refractivity contribution is -0.560. The third kappa shape index (κ3) is 3.54. The molecule has 0 spiro atoms. The van der Waals surface area contributed by atoms with Gasteiger partial charge in [-0.2, -0.15) is 0 Å². The molecule has 0 heterocycles. The Kier molecular flexibility index (Phi) is 4.17. The van der Waals surface area contributed by atoms with Crippen molar-refractivity contribution in [3.05, 3.63) is 69.8 Å². The van der Waals surface area contributed by atoms with E-state index in [9.17, 15) is 14.9 Å². The van der Waals surface area contributed by atoms with Gasteiger partial charge in [-0.25, -0.2) is 0 Å². The van der Waals surface area contributed by atoms with Crippen LogP contribution >= 0.6 is 0 Å². The van der Waals surface area contributed by atoms with Crippen LogP contribution in [0.3, 0.4) is 0 Å². The molecule has 0 saturated carbocycles. The van der Waals surface area contributed by atoms with Crippen LogP contribution in [0.1, 0.15) is 29.8 Å².